The first-order valence-electron chi connectivity index (χ1n) is 6.56. The highest BCUT2D eigenvalue weighted by molar-refractivity contribution is 5.81. The zero-order valence-electron chi connectivity index (χ0n) is 10.7. The fourth-order valence-corrected chi connectivity index (χ4v) is 2.57. The van der Waals surface area contributed by atoms with Crippen LogP contribution in [0.25, 0.3) is 10.9 Å². The molecule has 0 amide bonds. The van der Waals surface area contributed by atoms with Crippen LogP contribution in [-0.4, -0.2) is 23.1 Å². The second-order valence-electron chi connectivity index (χ2n) is 5.09. The summed E-state index contributed by atoms with van der Waals surface area (Å²) in [6.07, 6.45) is -1.27. The van der Waals surface area contributed by atoms with E-state index in [1.54, 1.807) is 6.07 Å². The summed E-state index contributed by atoms with van der Waals surface area (Å²) < 4.78 is 39.0. The Hall–Kier alpha value is -1.69. The standard InChI is InChI=1S/C14H14F3N3/c15-14(16,17)11-3-1-2-10-8-19-12(20-13(10)11)6-9-4-5-18-7-9/h1-3,8-9,18H,4-7H2. The lowest BCUT2D eigenvalue weighted by atomic mass is 10.0. The van der Waals surface area contributed by atoms with Gasteiger partial charge in [-0.3, -0.25) is 0 Å². The van der Waals surface area contributed by atoms with Crippen LogP contribution in [0, 0.1) is 5.92 Å². The predicted octanol–water partition coefficient (Wildman–Crippen LogP) is 2.80. The van der Waals surface area contributed by atoms with Crippen LogP contribution < -0.4 is 5.32 Å². The van der Waals surface area contributed by atoms with Crippen molar-refractivity contribution < 1.29 is 13.2 Å². The van der Waals surface area contributed by atoms with Crippen molar-refractivity contribution in [1.82, 2.24) is 15.3 Å². The summed E-state index contributed by atoms with van der Waals surface area (Å²) in [5.41, 5.74) is -0.695. The maximum Gasteiger partial charge on any atom is 0.418 e. The first kappa shape index (κ1) is 13.3. The summed E-state index contributed by atoms with van der Waals surface area (Å²) in [4.78, 5) is 8.33. The molecule has 0 saturated carbocycles. The van der Waals surface area contributed by atoms with Gasteiger partial charge < -0.3 is 5.32 Å². The normalized spacial score (nSPS) is 19.6. The molecule has 6 heteroatoms. The molecule has 1 atom stereocenters. The van der Waals surface area contributed by atoms with Crippen molar-refractivity contribution in [3.63, 3.8) is 0 Å². The van der Waals surface area contributed by atoms with Gasteiger partial charge in [0.1, 0.15) is 5.82 Å². The van der Waals surface area contributed by atoms with Crippen LogP contribution in [0.2, 0.25) is 0 Å². The molecule has 1 saturated heterocycles. The van der Waals surface area contributed by atoms with Gasteiger partial charge in [0.15, 0.2) is 0 Å². The number of benzene rings is 1. The average Bonchev–Trinajstić information content (AvgIpc) is 2.89. The molecule has 0 radical (unpaired) electrons. The molecule has 20 heavy (non-hydrogen) atoms. The molecule has 0 bridgehead atoms. The minimum Gasteiger partial charge on any atom is -0.316 e. The largest absolute Gasteiger partial charge is 0.418 e. The zero-order valence-corrected chi connectivity index (χ0v) is 10.7. The van der Waals surface area contributed by atoms with Gasteiger partial charge in [0.2, 0.25) is 0 Å². The van der Waals surface area contributed by atoms with E-state index in [1.165, 1.54) is 12.3 Å². The van der Waals surface area contributed by atoms with Crippen molar-refractivity contribution in [2.45, 2.75) is 19.0 Å². The molecule has 0 spiro atoms. The number of hydrogen-bond acceptors (Lipinski definition) is 3. The van der Waals surface area contributed by atoms with E-state index in [9.17, 15) is 13.2 Å². The molecule has 1 aliphatic heterocycles. The smallest absolute Gasteiger partial charge is 0.316 e. The highest BCUT2D eigenvalue weighted by atomic mass is 19.4. The monoisotopic (exact) mass is 281 g/mol. The van der Waals surface area contributed by atoms with Gasteiger partial charge in [0, 0.05) is 18.0 Å². The molecule has 0 aliphatic carbocycles. The molecule has 3 nitrogen and oxygen atoms in total. The number of halogens is 3. The second-order valence-corrected chi connectivity index (χ2v) is 5.09. The lowest BCUT2D eigenvalue weighted by molar-refractivity contribution is -0.136. The topological polar surface area (TPSA) is 37.8 Å². The Kier molecular flexibility index (Phi) is 3.33. The number of nitrogens with one attached hydrogen (secondary N) is 1. The van der Waals surface area contributed by atoms with E-state index in [4.69, 9.17) is 0 Å². The van der Waals surface area contributed by atoms with Crippen molar-refractivity contribution >= 4 is 10.9 Å². The molecule has 2 aromatic rings. The van der Waals surface area contributed by atoms with E-state index in [2.05, 4.69) is 15.3 Å². The van der Waals surface area contributed by atoms with E-state index >= 15 is 0 Å². The van der Waals surface area contributed by atoms with Crippen LogP contribution >= 0.6 is 0 Å². The Morgan fingerprint density at radius 3 is 2.85 bits per heavy atom. The summed E-state index contributed by atoms with van der Waals surface area (Å²) in [6.45, 7) is 1.83. The Morgan fingerprint density at radius 1 is 1.30 bits per heavy atom. The van der Waals surface area contributed by atoms with Crippen molar-refractivity contribution in [3.8, 4) is 0 Å². The molecular formula is C14H14F3N3. The van der Waals surface area contributed by atoms with Gasteiger partial charge in [-0.05, 0) is 31.5 Å². The minimum absolute atomic E-state index is 0.00374. The lowest BCUT2D eigenvalue weighted by Gasteiger charge is -2.11. The predicted molar refractivity (Wildman–Crippen MR) is 69.2 cm³/mol. The molecule has 106 valence electrons. The van der Waals surface area contributed by atoms with E-state index in [1.807, 2.05) is 0 Å². The van der Waals surface area contributed by atoms with E-state index in [0.717, 1.165) is 25.6 Å². The fraction of sp³-hybridized carbons (Fsp3) is 0.429. The van der Waals surface area contributed by atoms with Crippen LogP contribution in [-0.2, 0) is 12.6 Å². The van der Waals surface area contributed by atoms with Gasteiger partial charge in [-0.15, -0.1) is 0 Å². The first-order valence-corrected chi connectivity index (χ1v) is 6.56. The molecule has 1 aromatic carbocycles. The van der Waals surface area contributed by atoms with Crippen LogP contribution in [0.1, 0.15) is 17.8 Å². The van der Waals surface area contributed by atoms with Gasteiger partial charge in [-0.1, -0.05) is 12.1 Å². The van der Waals surface area contributed by atoms with Gasteiger partial charge in [0.25, 0.3) is 0 Å². The number of hydrogen-bond donors (Lipinski definition) is 1. The molecule has 2 heterocycles. The molecule has 1 N–H and O–H groups in total. The Balaban J connectivity index is 2.00. The summed E-state index contributed by atoms with van der Waals surface area (Å²) in [5.74, 6) is 0.897. The SMILES string of the molecule is FC(F)(F)c1cccc2cnc(CC3CCNC3)nc12. The van der Waals surface area contributed by atoms with Crippen molar-refractivity contribution in [2.24, 2.45) is 5.92 Å². The number of rotatable bonds is 2. The minimum atomic E-state index is -4.39. The average molecular weight is 281 g/mol. The quantitative estimate of drug-likeness (QED) is 0.919. The Morgan fingerprint density at radius 2 is 2.15 bits per heavy atom. The van der Waals surface area contributed by atoms with Crippen LogP contribution in [0.3, 0.4) is 0 Å². The van der Waals surface area contributed by atoms with E-state index in [-0.39, 0.29) is 5.52 Å². The number of para-hydroxylation sites is 1. The summed E-state index contributed by atoms with van der Waals surface area (Å²) in [5, 5.41) is 3.65. The number of fused-ring (bicyclic) bond motifs is 1. The fourth-order valence-electron chi connectivity index (χ4n) is 2.57. The van der Waals surface area contributed by atoms with Gasteiger partial charge in [-0.25, -0.2) is 9.97 Å². The third-order valence-electron chi connectivity index (χ3n) is 3.60. The van der Waals surface area contributed by atoms with E-state index in [0.29, 0.717) is 23.5 Å². The van der Waals surface area contributed by atoms with Crippen LogP contribution in [0.15, 0.2) is 24.4 Å². The summed E-state index contributed by atoms with van der Waals surface area (Å²) >= 11 is 0. The third kappa shape index (κ3) is 2.60. The zero-order chi connectivity index (χ0) is 14.2. The molecule has 1 unspecified atom stereocenters. The van der Waals surface area contributed by atoms with Crippen molar-refractivity contribution in [3.05, 3.63) is 35.8 Å². The second kappa shape index (κ2) is 5.01. The van der Waals surface area contributed by atoms with Gasteiger partial charge in [0.05, 0.1) is 11.1 Å². The maximum absolute atomic E-state index is 13.0. The molecule has 1 fully saturated rings. The molecule has 1 aliphatic rings. The highest BCUT2D eigenvalue weighted by Crippen LogP contribution is 2.33. The first-order chi connectivity index (χ1) is 9.54. The number of aromatic nitrogens is 2. The molecule has 1 aromatic heterocycles. The third-order valence-corrected chi connectivity index (χ3v) is 3.60. The number of alkyl halides is 3. The van der Waals surface area contributed by atoms with Crippen LogP contribution in [0.4, 0.5) is 13.2 Å². The summed E-state index contributed by atoms with van der Waals surface area (Å²) in [6, 6.07) is 4.05. The highest BCUT2D eigenvalue weighted by Gasteiger charge is 2.33. The Bertz CT molecular complexity index is 619. The lowest BCUT2D eigenvalue weighted by Crippen LogP contribution is -2.13. The number of nitrogens with zero attached hydrogens (tertiary/aromatic N) is 2. The van der Waals surface area contributed by atoms with Gasteiger partial charge >= 0.3 is 6.18 Å². The van der Waals surface area contributed by atoms with Gasteiger partial charge in [-0.2, -0.15) is 13.2 Å². The summed E-state index contributed by atoms with van der Waals surface area (Å²) in [7, 11) is 0. The molecular weight excluding hydrogens is 267 g/mol. The van der Waals surface area contributed by atoms with Crippen LogP contribution in [0.5, 0.6) is 0 Å². The van der Waals surface area contributed by atoms with Crippen molar-refractivity contribution in [2.75, 3.05) is 13.1 Å². The maximum atomic E-state index is 13.0. The Labute approximate surface area is 114 Å². The van der Waals surface area contributed by atoms with Crippen molar-refractivity contribution in [1.29, 1.82) is 0 Å². The molecule has 3 rings (SSSR count). The van der Waals surface area contributed by atoms with E-state index < -0.39 is 11.7 Å².